The normalized spacial score (nSPS) is 40.5. The van der Waals surface area contributed by atoms with Crippen LogP contribution in [0.5, 0.6) is 0 Å². The van der Waals surface area contributed by atoms with Gasteiger partial charge in [0.2, 0.25) is 0 Å². The van der Waals surface area contributed by atoms with Crippen molar-refractivity contribution in [3.8, 4) is 0 Å². The lowest BCUT2D eigenvalue weighted by Crippen LogP contribution is -2.60. The van der Waals surface area contributed by atoms with Gasteiger partial charge in [0.1, 0.15) is 0 Å². The molecule has 0 aromatic heterocycles. The Hall–Kier alpha value is -0.420. The summed E-state index contributed by atoms with van der Waals surface area (Å²) in [5, 5.41) is 0.609. The van der Waals surface area contributed by atoms with Crippen molar-refractivity contribution in [1.29, 1.82) is 0 Å². The molecule has 0 amide bonds. The van der Waals surface area contributed by atoms with Gasteiger partial charge < -0.3 is 15.4 Å². The van der Waals surface area contributed by atoms with E-state index in [9.17, 15) is 0 Å². The lowest BCUT2D eigenvalue weighted by molar-refractivity contribution is 0.0619. The largest absolute Gasteiger partial charge is 0.376 e. The average Bonchev–Trinajstić information content (AvgIpc) is 2.97. The number of rotatable bonds is 2. The highest BCUT2D eigenvalue weighted by Gasteiger charge is 2.48. The Labute approximate surface area is 113 Å². The van der Waals surface area contributed by atoms with Crippen LogP contribution < -0.4 is 5.73 Å². The molecule has 0 aliphatic carbocycles. The number of hydrogen-bond donors (Lipinski definition) is 1. The number of hydrogen-bond acceptors (Lipinski definition) is 5. The fourth-order valence-corrected chi connectivity index (χ4v) is 4.74. The first-order chi connectivity index (χ1) is 8.72. The molecule has 2 saturated heterocycles. The molecule has 4 nitrogen and oxygen atoms in total. The summed E-state index contributed by atoms with van der Waals surface area (Å²) in [4.78, 5) is 6.90. The molecule has 102 valence electrons. The molecule has 1 spiro atoms. The lowest BCUT2D eigenvalue weighted by atomic mass is 9.88. The van der Waals surface area contributed by atoms with Crippen LogP contribution in [0.15, 0.2) is 4.99 Å². The first-order valence-electron chi connectivity index (χ1n) is 7.03. The minimum absolute atomic E-state index is 0.166. The average molecular weight is 269 g/mol. The van der Waals surface area contributed by atoms with Crippen LogP contribution in [-0.2, 0) is 4.74 Å². The van der Waals surface area contributed by atoms with Crippen molar-refractivity contribution in [2.75, 3.05) is 25.4 Å². The minimum Gasteiger partial charge on any atom is -0.376 e. The smallest absolute Gasteiger partial charge is 0.191 e. The zero-order valence-corrected chi connectivity index (χ0v) is 11.9. The molecule has 0 bridgehead atoms. The van der Waals surface area contributed by atoms with Gasteiger partial charge in [0.05, 0.1) is 18.2 Å². The molecule has 0 aromatic carbocycles. The van der Waals surface area contributed by atoms with Gasteiger partial charge in [0.25, 0.3) is 0 Å². The summed E-state index contributed by atoms with van der Waals surface area (Å²) in [6, 6.07) is 0. The molecule has 3 heterocycles. The van der Waals surface area contributed by atoms with E-state index in [0.29, 0.717) is 11.4 Å². The Balaban J connectivity index is 1.76. The van der Waals surface area contributed by atoms with Gasteiger partial charge in [-0.2, -0.15) is 11.8 Å². The zero-order chi connectivity index (χ0) is 12.6. The second-order valence-electron chi connectivity index (χ2n) is 5.64. The highest BCUT2D eigenvalue weighted by molar-refractivity contribution is 8.00. The number of guanidine groups is 1. The van der Waals surface area contributed by atoms with Gasteiger partial charge in [-0.05, 0) is 31.4 Å². The second-order valence-corrected chi connectivity index (χ2v) is 7.09. The van der Waals surface area contributed by atoms with Gasteiger partial charge >= 0.3 is 0 Å². The van der Waals surface area contributed by atoms with Crippen LogP contribution in [0.3, 0.4) is 0 Å². The van der Waals surface area contributed by atoms with E-state index < -0.39 is 0 Å². The fraction of sp³-hybridized carbons (Fsp3) is 0.923. The van der Waals surface area contributed by atoms with Crippen LogP contribution in [0.25, 0.3) is 0 Å². The molecule has 5 heteroatoms. The van der Waals surface area contributed by atoms with E-state index >= 15 is 0 Å². The van der Waals surface area contributed by atoms with Crippen LogP contribution >= 0.6 is 11.8 Å². The van der Waals surface area contributed by atoms with E-state index in [1.54, 1.807) is 0 Å². The molecule has 2 fully saturated rings. The van der Waals surface area contributed by atoms with E-state index in [1.807, 2.05) is 0 Å². The highest BCUT2D eigenvalue weighted by atomic mass is 32.2. The number of thioether (sulfide) groups is 1. The van der Waals surface area contributed by atoms with Crippen molar-refractivity contribution in [2.45, 2.75) is 49.5 Å². The minimum atomic E-state index is 0.166. The summed E-state index contributed by atoms with van der Waals surface area (Å²) in [7, 11) is 0. The van der Waals surface area contributed by atoms with E-state index in [2.05, 4.69) is 28.6 Å². The van der Waals surface area contributed by atoms with Gasteiger partial charge in [0.15, 0.2) is 5.96 Å². The maximum absolute atomic E-state index is 6.14. The van der Waals surface area contributed by atoms with Gasteiger partial charge in [-0.15, -0.1) is 0 Å². The number of aliphatic imine (C=N–C) groups is 1. The number of nitrogens with two attached hydrogens (primary N) is 1. The van der Waals surface area contributed by atoms with Crippen LogP contribution in [0.2, 0.25) is 0 Å². The van der Waals surface area contributed by atoms with Crippen LogP contribution in [0.1, 0.15) is 32.6 Å². The zero-order valence-electron chi connectivity index (χ0n) is 11.1. The molecule has 3 aliphatic heterocycles. The third kappa shape index (κ3) is 2.01. The van der Waals surface area contributed by atoms with E-state index in [-0.39, 0.29) is 5.54 Å². The first kappa shape index (κ1) is 12.6. The molecule has 3 unspecified atom stereocenters. The Bertz CT molecular complexity index is 343. The summed E-state index contributed by atoms with van der Waals surface area (Å²) in [6.45, 7) is 5.05. The SMILES string of the molecule is CC1SCCCC12CN=C(N)N2CC1CCCO1. The predicted octanol–water partition coefficient (Wildman–Crippen LogP) is 1.45. The van der Waals surface area contributed by atoms with Gasteiger partial charge in [-0.1, -0.05) is 6.92 Å². The first-order valence-corrected chi connectivity index (χ1v) is 8.08. The molecular formula is C13H23N3OS. The van der Waals surface area contributed by atoms with Crippen molar-refractivity contribution >= 4 is 17.7 Å². The molecule has 0 saturated carbocycles. The van der Waals surface area contributed by atoms with Crippen molar-refractivity contribution in [3.63, 3.8) is 0 Å². The summed E-state index contributed by atoms with van der Waals surface area (Å²) in [5.74, 6) is 2.01. The Morgan fingerprint density at radius 2 is 2.44 bits per heavy atom. The van der Waals surface area contributed by atoms with Crippen LogP contribution in [0, 0.1) is 0 Å². The molecule has 0 aromatic rings. The Morgan fingerprint density at radius 3 is 3.17 bits per heavy atom. The van der Waals surface area contributed by atoms with Crippen molar-refractivity contribution in [2.24, 2.45) is 10.7 Å². The molecule has 0 radical (unpaired) electrons. The molecule has 18 heavy (non-hydrogen) atoms. The second kappa shape index (κ2) is 4.93. The van der Waals surface area contributed by atoms with Gasteiger partial charge in [0, 0.05) is 18.4 Å². The van der Waals surface area contributed by atoms with Crippen molar-refractivity contribution < 1.29 is 4.74 Å². The topological polar surface area (TPSA) is 50.8 Å². The third-order valence-corrected chi connectivity index (χ3v) is 6.08. The van der Waals surface area contributed by atoms with Crippen LogP contribution in [0.4, 0.5) is 0 Å². The summed E-state index contributed by atoms with van der Waals surface area (Å²) in [5.41, 5.74) is 6.30. The quantitative estimate of drug-likeness (QED) is 0.824. The maximum Gasteiger partial charge on any atom is 0.191 e. The molecule has 3 rings (SSSR count). The summed E-state index contributed by atoms with van der Waals surface area (Å²) >= 11 is 2.07. The molecule has 2 N–H and O–H groups in total. The maximum atomic E-state index is 6.14. The van der Waals surface area contributed by atoms with E-state index in [4.69, 9.17) is 10.5 Å². The fourth-order valence-electron chi connectivity index (χ4n) is 3.44. The number of nitrogens with zero attached hydrogens (tertiary/aromatic N) is 2. The van der Waals surface area contributed by atoms with Crippen molar-refractivity contribution in [1.82, 2.24) is 4.90 Å². The summed E-state index contributed by atoms with van der Waals surface area (Å²) < 4.78 is 5.77. The van der Waals surface area contributed by atoms with Gasteiger partial charge in [-0.25, -0.2) is 0 Å². The Kier molecular flexibility index (Phi) is 3.45. The standard InChI is InChI=1S/C13H23N3OS/c1-10-13(5-3-7-18-10)9-15-12(14)16(13)8-11-4-2-6-17-11/h10-11H,2-9H2,1H3,(H2,14,15). The Morgan fingerprint density at radius 1 is 1.56 bits per heavy atom. The monoisotopic (exact) mass is 269 g/mol. The van der Waals surface area contributed by atoms with Gasteiger partial charge in [-0.3, -0.25) is 4.99 Å². The lowest BCUT2D eigenvalue weighted by Gasteiger charge is -2.46. The van der Waals surface area contributed by atoms with E-state index in [1.165, 1.54) is 31.4 Å². The molecule has 3 atom stereocenters. The molecular weight excluding hydrogens is 246 g/mol. The number of ether oxygens (including phenoxy) is 1. The van der Waals surface area contributed by atoms with Crippen LogP contribution in [-0.4, -0.2) is 53.2 Å². The van der Waals surface area contributed by atoms with E-state index in [0.717, 1.165) is 25.7 Å². The third-order valence-electron chi connectivity index (χ3n) is 4.62. The van der Waals surface area contributed by atoms with Crippen molar-refractivity contribution in [3.05, 3.63) is 0 Å². The predicted molar refractivity (Wildman–Crippen MR) is 76.1 cm³/mol. The highest BCUT2D eigenvalue weighted by Crippen LogP contribution is 2.41. The molecule has 3 aliphatic rings. The summed E-state index contributed by atoms with van der Waals surface area (Å²) in [6.07, 6.45) is 5.21.